The molecule has 1 N–H and O–H groups in total. The van der Waals surface area contributed by atoms with Crippen molar-refractivity contribution in [1.29, 1.82) is 0 Å². The molecular formula is C18H20N4OS. The molecule has 1 aliphatic rings. The summed E-state index contributed by atoms with van der Waals surface area (Å²) in [5.41, 5.74) is 1.99. The summed E-state index contributed by atoms with van der Waals surface area (Å²) >= 11 is 1.54. The van der Waals surface area contributed by atoms with Crippen LogP contribution in [-0.4, -0.2) is 53.0 Å². The van der Waals surface area contributed by atoms with Crippen molar-refractivity contribution >= 4 is 21.6 Å². The maximum atomic E-state index is 12.6. The van der Waals surface area contributed by atoms with Gasteiger partial charge in [-0.05, 0) is 12.6 Å². The van der Waals surface area contributed by atoms with Gasteiger partial charge in [-0.2, -0.15) is 0 Å². The summed E-state index contributed by atoms with van der Waals surface area (Å²) in [4.78, 5) is 25.8. The van der Waals surface area contributed by atoms with E-state index < -0.39 is 0 Å². The minimum Gasteiger partial charge on any atom is -0.309 e. The number of nitrogens with zero attached hydrogens (tertiary/aromatic N) is 3. The Balaban J connectivity index is 1.65. The Hall–Kier alpha value is -2.02. The molecule has 1 aliphatic heterocycles. The molecule has 24 heavy (non-hydrogen) atoms. The van der Waals surface area contributed by atoms with Crippen LogP contribution in [0.5, 0.6) is 0 Å². The summed E-state index contributed by atoms with van der Waals surface area (Å²) in [6, 6.07) is 10.0. The average molecular weight is 340 g/mol. The predicted molar refractivity (Wildman–Crippen MR) is 98.5 cm³/mol. The fourth-order valence-electron chi connectivity index (χ4n) is 3.12. The number of benzene rings is 1. The zero-order valence-electron chi connectivity index (χ0n) is 13.7. The van der Waals surface area contributed by atoms with Crippen molar-refractivity contribution in [3.63, 3.8) is 0 Å². The second-order valence-electron chi connectivity index (χ2n) is 6.29. The molecule has 3 heterocycles. The van der Waals surface area contributed by atoms with E-state index in [4.69, 9.17) is 4.98 Å². The van der Waals surface area contributed by atoms with E-state index in [2.05, 4.69) is 21.8 Å². The van der Waals surface area contributed by atoms with E-state index in [1.807, 2.05) is 35.7 Å². The Bertz CT molecular complexity index is 894. The fourth-order valence-corrected chi connectivity index (χ4v) is 4.08. The zero-order valence-corrected chi connectivity index (χ0v) is 14.5. The highest BCUT2D eigenvalue weighted by Crippen LogP contribution is 2.30. The summed E-state index contributed by atoms with van der Waals surface area (Å²) in [7, 11) is 2.14. The third-order valence-corrected chi connectivity index (χ3v) is 5.42. The van der Waals surface area contributed by atoms with Crippen molar-refractivity contribution in [3.05, 3.63) is 51.9 Å². The standard InChI is InChI=1S/C18H20N4OS/c1-21-7-9-22(10-8-21)11-15-19-17(23)16-14(12-24-18(16)20-15)13-5-3-2-4-6-13/h2-6,12H,7-11H2,1H3,(H,19,20,23). The molecule has 2 aromatic heterocycles. The molecule has 0 aliphatic carbocycles. The molecule has 3 aromatic rings. The first-order valence-electron chi connectivity index (χ1n) is 8.17. The van der Waals surface area contributed by atoms with Gasteiger partial charge in [0.05, 0.1) is 11.9 Å². The molecular weight excluding hydrogens is 320 g/mol. The topological polar surface area (TPSA) is 52.2 Å². The first kappa shape index (κ1) is 15.5. The number of thiophene rings is 1. The molecule has 0 spiro atoms. The van der Waals surface area contributed by atoms with Crippen molar-refractivity contribution in [2.24, 2.45) is 0 Å². The quantitative estimate of drug-likeness (QED) is 0.795. The van der Waals surface area contributed by atoms with Crippen molar-refractivity contribution in [2.45, 2.75) is 6.54 Å². The molecule has 1 aromatic carbocycles. The van der Waals surface area contributed by atoms with Crippen LogP contribution in [0.3, 0.4) is 0 Å². The monoisotopic (exact) mass is 340 g/mol. The second-order valence-corrected chi connectivity index (χ2v) is 7.15. The van der Waals surface area contributed by atoms with Gasteiger partial charge in [-0.1, -0.05) is 30.3 Å². The van der Waals surface area contributed by atoms with E-state index in [0.29, 0.717) is 11.9 Å². The van der Waals surface area contributed by atoms with Crippen LogP contribution in [0.25, 0.3) is 21.3 Å². The molecule has 0 radical (unpaired) electrons. The molecule has 4 rings (SSSR count). The van der Waals surface area contributed by atoms with E-state index in [0.717, 1.165) is 48.0 Å². The molecule has 124 valence electrons. The van der Waals surface area contributed by atoms with Gasteiger partial charge in [0, 0.05) is 37.1 Å². The van der Waals surface area contributed by atoms with Gasteiger partial charge in [0.1, 0.15) is 10.7 Å². The highest BCUT2D eigenvalue weighted by molar-refractivity contribution is 7.17. The lowest BCUT2D eigenvalue weighted by Gasteiger charge is -2.31. The average Bonchev–Trinajstić information content (AvgIpc) is 3.02. The summed E-state index contributed by atoms with van der Waals surface area (Å²) in [5, 5.41) is 2.73. The van der Waals surface area contributed by atoms with E-state index >= 15 is 0 Å². The first-order valence-corrected chi connectivity index (χ1v) is 9.05. The van der Waals surface area contributed by atoms with Crippen LogP contribution in [0.2, 0.25) is 0 Å². The Morgan fingerprint density at radius 3 is 2.67 bits per heavy atom. The second kappa shape index (κ2) is 6.47. The minimum absolute atomic E-state index is 0.0377. The third kappa shape index (κ3) is 3.00. The van der Waals surface area contributed by atoms with Crippen molar-refractivity contribution in [1.82, 2.24) is 19.8 Å². The number of piperazine rings is 1. The lowest BCUT2D eigenvalue weighted by molar-refractivity contribution is 0.145. The maximum absolute atomic E-state index is 12.6. The van der Waals surface area contributed by atoms with Gasteiger partial charge in [-0.25, -0.2) is 4.98 Å². The normalized spacial score (nSPS) is 16.7. The number of aromatic nitrogens is 2. The predicted octanol–water partition coefficient (Wildman–Crippen LogP) is 2.40. The van der Waals surface area contributed by atoms with E-state index in [1.54, 1.807) is 11.3 Å². The number of nitrogens with one attached hydrogen (secondary N) is 1. The molecule has 0 bridgehead atoms. The lowest BCUT2D eigenvalue weighted by Crippen LogP contribution is -2.44. The number of hydrogen-bond acceptors (Lipinski definition) is 5. The summed E-state index contributed by atoms with van der Waals surface area (Å²) in [6.45, 7) is 4.85. The molecule has 5 nitrogen and oxygen atoms in total. The van der Waals surface area contributed by atoms with Gasteiger partial charge in [-0.15, -0.1) is 11.3 Å². The molecule has 0 unspecified atom stereocenters. The summed E-state index contributed by atoms with van der Waals surface area (Å²) < 4.78 is 0. The van der Waals surface area contributed by atoms with E-state index in [9.17, 15) is 4.79 Å². The Kier molecular flexibility index (Phi) is 4.18. The van der Waals surface area contributed by atoms with Crippen LogP contribution >= 0.6 is 11.3 Å². The molecule has 0 amide bonds. The highest BCUT2D eigenvalue weighted by atomic mass is 32.1. The Labute approximate surface area is 144 Å². The lowest BCUT2D eigenvalue weighted by atomic mass is 10.1. The number of fused-ring (bicyclic) bond motifs is 1. The number of aromatic amines is 1. The van der Waals surface area contributed by atoms with Gasteiger partial charge in [0.2, 0.25) is 0 Å². The number of rotatable bonds is 3. The van der Waals surface area contributed by atoms with Crippen molar-refractivity contribution in [2.75, 3.05) is 33.2 Å². The third-order valence-electron chi connectivity index (χ3n) is 4.55. The van der Waals surface area contributed by atoms with Crippen LogP contribution in [0.1, 0.15) is 5.82 Å². The zero-order chi connectivity index (χ0) is 16.5. The Morgan fingerprint density at radius 1 is 1.17 bits per heavy atom. The van der Waals surface area contributed by atoms with Crippen LogP contribution in [0.15, 0.2) is 40.5 Å². The van der Waals surface area contributed by atoms with E-state index in [-0.39, 0.29) is 5.56 Å². The SMILES string of the molecule is CN1CCN(Cc2nc3scc(-c4ccccc4)c3c(=O)[nH]2)CC1. The number of likely N-dealkylation sites (N-methyl/N-ethyl adjacent to an activating group) is 1. The molecule has 1 fully saturated rings. The smallest absolute Gasteiger partial charge is 0.260 e. The first-order chi connectivity index (χ1) is 11.7. The van der Waals surface area contributed by atoms with E-state index in [1.165, 1.54) is 0 Å². The van der Waals surface area contributed by atoms with Crippen molar-refractivity contribution in [3.8, 4) is 11.1 Å². The number of hydrogen-bond donors (Lipinski definition) is 1. The maximum Gasteiger partial charge on any atom is 0.260 e. The molecule has 6 heteroatoms. The number of H-pyrrole nitrogens is 1. The van der Waals surface area contributed by atoms with Gasteiger partial charge in [-0.3, -0.25) is 9.69 Å². The highest BCUT2D eigenvalue weighted by Gasteiger charge is 2.17. The van der Waals surface area contributed by atoms with Gasteiger partial charge in [0.15, 0.2) is 0 Å². The van der Waals surface area contributed by atoms with Crippen LogP contribution in [0.4, 0.5) is 0 Å². The van der Waals surface area contributed by atoms with Gasteiger partial charge in [0.25, 0.3) is 5.56 Å². The Morgan fingerprint density at radius 2 is 1.92 bits per heavy atom. The van der Waals surface area contributed by atoms with Gasteiger partial charge >= 0.3 is 0 Å². The largest absolute Gasteiger partial charge is 0.309 e. The van der Waals surface area contributed by atoms with Crippen LogP contribution in [0, 0.1) is 0 Å². The summed E-state index contributed by atoms with van der Waals surface area (Å²) in [6.07, 6.45) is 0. The molecule has 0 saturated carbocycles. The van der Waals surface area contributed by atoms with Crippen molar-refractivity contribution < 1.29 is 0 Å². The fraction of sp³-hybridized carbons (Fsp3) is 0.333. The molecule has 1 saturated heterocycles. The summed E-state index contributed by atoms with van der Waals surface area (Å²) in [5.74, 6) is 0.763. The molecule has 0 atom stereocenters. The van der Waals surface area contributed by atoms with Gasteiger partial charge < -0.3 is 9.88 Å². The minimum atomic E-state index is -0.0377. The van der Waals surface area contributed by atoms with Crippen LogP contribution in [-0.2, 0) is 6.54 Å². The van der Waals surface area contributed by atoms with Crippen LogP contribution < -0.4 is 5.56 Å².